The van der Waals surface area contributed by atoms with E-state index in [-0.39, 0.29) is 17.5 Å². The molecule has 0 amide bonds. The van der Waals surface area contributed by atoms with Gasteiger partial charge < -0.3 is 14.5 Å². The summed E-state index contributed by atoms with van der Waals surface area (Å²) in [7, 11) is 1.29. The molecule has 0 aliphatic carbocycles. The Bertz CT molecular complexity index is 669. The molecule has 0 aliphatic heterocycles. The highest BCUT2D eigenvalue weighted by Crippen LogP contribution is 2.33. The van der Waals surface area contributed by atoms with Gasteiger partial charge in [-0.15, -0.1) is 0 Å². The zero-order valence-corrected chi connectivity index (χ0v) is 11.8. The van der Waals surface area contributed by atoms with Crippen LogP contribution in [0.1, 0.15) is 24.5 Å². The van der Waals surface area contributed by atoms with E-state index in [1.165, 1.54) is 13.2 Å². The van der Waals surface area contributed by atoms with Gasteiger partial charge in [0, 0.05) is 6.07 Å². The van der Waals surface area contributed by atoms with Gasteiger partial charge in [-0.25, -0.2) is 4.39 Å². The van der Waals surface area contributed by atoms with Gasteiger partial charge in [0.2, 0.25) is 0 Å². The fraction of sp³-hybridized carbons (Fsp3) is 0.286. The molecule has 6 nitrogen and oxygen atoms in total. The Morgan fingerprint density at radius 2 is 2.14 bits per heavy atom. The van der Waals surface area contributed by atoms with Crippen LogP contribution in [-0.4, -0.2) is 12.0 Å². The van der Waals surface area contributed by atoms with Gasteiger partial charge in [-0.3, -0.25) is 10.1 Å². The number of furan rings is 1. The molecule has 0 fully saturated rings. The number of anilines is 1. The zero-order chi connectivity index (χ0) is 15.6. The molecule has 2 aromatic rings. The fourth-order valence-corrected chi connectivity index (χ4v) is 1.95. The number of ether oxygens (including phenoxy) is 1. The third kappa shape index (κ3) is 3.13. The van der Waals surface area contributed by atoms with Crippen molar-refractivity contribution in [1.82, 2.24) is 0 Å². The molecule has 0 radical (unpaired) electrons. The van der Waals surface area contributed by atoms with Gasteiger partial charge in [0.1, 0.15) is 11.5 Å². The molecule has 1 atom stereocenters. The lowest BCUT2D eigenvalue weighted by Gasteiger charge is -2.14. The molecule has 2 rings (SSSR count). The summed E-state index contributed by atoms with van der Waals surface area (Å²) in [4.78, 5) is 10.1. The van der Waals surface area contributed by atoms with Gasteiger partial charge in [-0.1, -0.05) is 0 Å². The minimum absolute atomic E-state index is 0.00766. The number of hydrogen-bond donors (Lipinski definition) is 1. The Hall–Kier alpha value is -2.57. The topological polar surface area (TPSA) is 77.5 Å². The number of rotatable bonds is 5. The average Bonchev–Trinajstić information content (AvgIpc) is 2.87. The van der Waals surface area contributed by atoms with Crippen molar-refractivity contribution in [3.8, 4) is 5.75 Å². The number of methoxy groups -OCH3 is 1. The lowest BCUT2D eigenvalue weighted by atomic mass is 10.2. The molecule has 112 valence electrons. The van der Waals surface area contributed by atoms with E-state index >= 15 is 0 Å². The smallest absolute Gasteiger partial charge is 0.313 e. The molecule has 1 aromatic carbocycles. The van der Waals surface area contributed by atoms with Crippen molar-refractivity contribution in [2.24, 2.45) is 0 Å². The predicted molar refractivity (Wildman–Crippen MR) is 75.1 cm³/mol. The lowest BCUT2D eigenvalue weighted by Crippen LogP contribution is -2.08. The largest absolute Gasteiger partial charge is 0.490 e. The van der Waals surface area contributed by atoms with E-state index in [1.807, 2.05) is 6.92 Å². The maximum atomic E-state index is 14.0. The minimum atomic E-state index is -0.724. The third-order valence-corrected chi connectivity index (χ3v) is 3.03. The van der Waals surface area contributed by atoms with E-state index in [9.17, 15) is 14.5 Å². The van der Waals surface area contributed by atoms with E-state index in [0.717, 1.165) is 11.8 Å². The van der Waals surface area contributed by atoms with Crippen molar-refractivity contribution in [2.45, 2.75) is 19.9 Å². The highest BCUT2D eigenvalue weighted by Gasteiger charge is 2.20. The van der Waals surface area contributed by atoms with Gasteiger partial charge in [0.25, 0.3) is 0 Å². The molecule has 1 aromatic heterocycles. The van der Waals surface area contributed by atoms with Gasteiger partial charge >= 0.3 is 5.69 Å². The van der Waals surface area contributed by atoms with Crippen LogP contribution in [-0.2, 0) is 0 Å². The Morgan fingerprint density at radius 3 is 2.67 bits per heavy atom. The maximum absolute atomic E-state index is 14.0. The SMILES string of the molecule is COc1cc(NC(C)c2ccc(C)o2)c(F)cc1[N+](=O)[O-]. The van der Waals surface area contributed by atoms with E-state index < -0.39 is 16.4 Å². The molecule has 0 saturated heterocycles. The maximum Gasteiger partial charge on any atom is 0.313 e. The predicted octanol–water partition coefficient (Wildman–Crippen LogP) is 3.82. The highest BCUT2D eigenvalue weighted by molar-refractivity contribution is 5.59. The first kappa shape index (κ1) is 14.8. The summed E-state index contributed by atoms with van der Waals surface area (Å²) in [5, 5.41) is 13.7. The zero-order valence-electron chi connectivity index (χ0n) is 11.8. The molecule has 1 heterocycles. The molecular formula is C14H15FN2O4. The normalized spacial score (nSPS) is 12.0. The van der Waals surface area contributed by atoms with Crippen LogP contribution in [0.4, 0.5) is 15.8 Å². The average molecular weight is 294 g/mol. The van der Waals surface area contributed by atoms with Crippen LogP contribution in [0, 0.1) is 22.9 Å². The van der Waals surface area contributed by atoms with E-state index in [2.05, 4.69) is 5.32 Å². The van der Waals surface area contributed by atoms with Gasteiger partial charge in [0.15, 0.2) is 11.6 Å². The number of nitrogens with one attached hydrogen (secondary N) is 1. The number of nitro groups is 1. The van der Waals surface area contributed by atoms with Gasteiger partial charge in [-0.2, -0.15) is 0 Å². The molecular weight excluding hydrogens is 279 g/mol. The molecule has 0 aliphatic rings. The molecule has 21 heavy (non-hydrogen) atoms. The summed E-state index contributed by atoms with van der Waals surface area (Å²) in [6.45, 7) is 3.61. The molecule has 1 unspecified atom stereocenters. The van der Waals surface area contributed by atoms with Crippen LogP contribution >= 0.6 is 0 Å². The van der Waals surface area contributed by atoms with Gasteiger partial charge in [0.05, 0.1) is 29.8 Å². The first-order valence-corrected chi connectivity index (χ1v) is 6.27. The lowest BCUT2D eigenvalue weighted by molar-refractivity contribution is -0.385. The Morgan fingerprint density at radius 1 is 1.43 bits per heavy atom. The number of nitrogens with zero attached hydrogens (tertiary/aromatic N) is 1. The summed E-state index contributed by atoms with van der Waals surface area (Å²) >= 11 is 0. The van der Waals surface area contributed by atoms with Crippen molar-refractivity contribution in [2.75, 3.05) is 12.4 Å². The second kappa shape index (κ2) is 5.82. The monoisotopic (exact) mass is 294 g/mol. The Balaban J connectivity index is 2.30. The van der Waals surface area contributed by atoms with Crippen molar-refractivity contribution in [3.63, 3.8) is 0 Å². The number of nitro benzene ring substituents is 1. The van der Waals surface area contributed by atoms with Gasteiger partial charge in [-0.05, 0) is 26.0 Å². The molecule has 0 bridgehead atoms. The van der Waals surface area contributed by atoms with Crippen molar-refractivity contribution in [1.29, 1.82) is 0 Å². The van der Waals surface area contributed by atoms with Crippen molar-refractivity contribution >= 4 is 11.4 Å². The molecule has 0 saturated carbocycles. The first-order valence-electron chi connectivity index (χ1n) is 6.27. The van der Waals surface area contributed by atoms with Crippen LogP contribution in [0.2, 0.25) is 0 Å². The second-order valence-electron chi connectivity index (χ2n) is 4.58. The van der Waals surface area contributed by atoms with Crippen LogP contribution < -0.4 is 10.1 Å². The minimum Gasteiger partial charge on any atom is -0.490 e. The van der Waals surface area contributed by atoms with Crippen LogP contribution in [0.25, 0.3) is 0 Å². The second-order valence-corrected chi connectivity index (χ2v) is 4.58. The molecule has 1 N–H and O–H groups in total. The van der Waals surface area contributed by atoms with E-state index in [4.69, 9.17) is 9.15 Å². The highest BCUT2D eigenvalue weighted by atomic mass is 19.1. The Kier molecular flexibility index (Phi) is 4.11. The van der Waals surface area contributed by atoms with Crippen LogP contribution in [0.15, 0.2) is 28.7 Å². The number of halogens is 1. The number of aryl methyl sites for hydroxylation is 1. The van der Waals surface area contributed by atoms with Crippen molar-refractivity contribution < 1.29 is 18.5 Å². The third-order valence-electron chi connectivity index (χ3n) is 3.03. The molecule has 7 heteroatoms. The summed E-state index contributed by atoms with van der Waals surface area (Å²) in [5.74, 6) is 0.661. The summed E-state index contributed by atoms with van der Waals surface area (Å²) in [6.07, 6.45) is 0. The quantitative estimate of drug-likeness (QED) is 0.670. The first-order chi connectivity index (χ1) is 9.92. The van der Waals surface area contributed by atoms with Crippen molar-refractivity contribution in [3.05, 3.63) is 51.7 Å². The fourth-order valence-electron chi connectivity index (χ4n) is 1.95. The summed E-state index contributed by atoms with van der Waals surface area (Å²) < 4.78 is 24.3. The van der Waals surface area contributed by atoms with Crippen LogP contribution in [0.5, 0.6) is 5.75 Å². The number of benzene rings is 1. The standard InChI is InChI=1S/C14H15FN2O4/c1-8-4-5-13(21-8)9(2)16-11-7-14(20-3)12(17(18)19)6-10(11)15/h4-7,9,16H,1-3H3. The Labute approximate surface area is 120 Å². The molecule has 0 spiro atoms. The van der Waals surface area contributed by atoms with E-state index in [0.29, 0.717) is 5.76 Å². The van der Waals surface area contributed by atoms with E-state index in [1.54, 1.807) is 19.1 Å². The summed E-state index contributed by atoms with van der Waals surface area (Å²) in [6, 6.07) is 5.40. The van der Waals surface area contributed by atoms with Crippen LogP contribution in [0.3, 0.4) is 0 Å². The summed E-state index contributed by atoms with van der Waals surface area (Å²) in [5.41, 5.74) is -0.305. The number of hydrogen-bond acceptors (Lipinski definition) is 5.